The molecule has 7 heteroatoms. The first-order valence-electron chi connectivity index (χ1n) is 10.5. The van der Waals surface area contributed by atoms with E-state index >= 15 is 0 Å². The molecule has 2 atom stereocenters. The Balaban J connectivity index is 1.63. The van der Waals surface area contributed by atoms with Gasteiger partial charge in [0.2, 0.25) is 0 Å². The molecule has 6 nitrogen and oxygen atoms in total. The summed E-state index contributed by atoms with van der Waals surface area (Å²) in [5, 5.41) is 5.76. The molecule has 2 amide bonds. The van der Waals surface area contributed by atoms with Crippen molar-refractivity contribution in [2.75, 3.05) is 0 Å². The number of rotatable bonds is 8. The molecule has 2 unspecified atom stereocenters. The fourth-order valence-electron chi connectivity index (χ4n) is 3.22. The number of hydrogen-bond donors (Lipinski definition) is 2. The van der Waals surface area contributed by atoms with Gasteiger partial charge in [0, 0.05) is 0 Å². The number of carbonyl (C=O) groups excluding carboxylic acids is 3. The maximum atomic E-state index is 12.9. The molecule has 0 saturated heterocycles. The summed E-state index contributed by atoms with van der Waals surface area (Å²) < 4.78 is 5.31. The summed E-state index contributed by atoms with van der Waals surface area (Å²) in [6.07, 6.45) is -1.06. The number of carbonyl (C=O) groups is 3. The van der Waals surface area contributed by atoms with Gasteiger partial charge in [-0.15, -0.1) is 0 Å². The lowest BCUT2D eigenvalue weighted by atomic mass is 9.98. The average Bonchev–Trinajstić information content (AvgIpc) is 2.83. The van der Waals surface area contributed by atoms with Crippen LogP contribution in [0.2, 0.25) is 5.02 Å². The first-order chi connectivity index (χ1) is 15.9. The van der Waals surface area contributed by atoms with Crippen LogP contribution < -0.4 is 10.6 Å². The van der Waals surface area contributed by atoms with Crippen LogP contribution >= 0.6 is 11.6 Å². The Kier molecular flexibility index (Phi) is 8.22. The van der Waals surface area contributed by atoms with Gasteiger partial charge in [-0.2, -0.15) is 0 Å². The molecular formula is C26H25ClN2O4. The molecule has 2 N–H and O–H groups in total. The predicted octanol–water partition coefficient (Wildman–Crippen LogP) is 4.30. The van der Waals surface area contributed by atoms with E-state index in [1.165, 1.54) is 13.8 Å². The highest BCUT2D eigenvalue weighted by molar-refractivity contribution is 6.33. The summed E-state index contributed by atoms with van der Waals surface area (Å²) >= 11 is 6.03. The minimum absolute atomic E-state index is 0.248. The monoisotopic (exact) mass is 464 g/mol. The van der Waals surface area contributed by atoms with Crippen molar-refractivity contribution in [2.24, 2.45) is 0 Å². The molecule has 3 aromatic rings. The number of esters is 1. The van der Waals surface area contributed by atoms with Gasteiger partial charge in [-0.3, -0.25) is 9.59 Å². The van der Waals surface area contributed by atoms with Gasteiger partial charge < -0.3 is 15.4 Å². The van der Waals surface area contributed by atoms with E-state index in [0.29, 0.717) is 0 Å². The van der Waals surface area contributed by atoms with E-state index in [4.69, 9.17) is 16.3 Å². The highest BCUT2D eigenvalue weighted by atomic mass is 35.5. The number of amides is 2. The van der Waals surface area contributed by atoms with Crippen molar-refractivity contribution in [3.8, 4) is 0 Å². The second-order valence-electron chi connectivity index (χ2n) is 7.52. The number of benzene rings is 3. The highest BCUT2D eigenvalue weighted by Crippen LogP contribution is 2.22. The molecule has 0 spiro atoms. The van der Waals surface area contributed by atoms with E-state index in [1.54, 1.807) is 24.3 Å². The molecule has 0 aromatic heterocycles. The van der Waals surface area contributed by atoms with Crippen molar-refractivity contribution in [3.05, 3.63) is 107 Å². The van der Waals surface area contributed by atoms with Crippen molar-refractivity contribution < 1.29 is 19.1 Å². The molecule has 3 aromatic carbocycles. The summed E-state index contributed by atoms with van der Waals surface area (Å²) in [6.45, 7) is 2.97. The van der Waals surface area contributed by atoms with Crippen LogP contribution in [0.25, 0.3) is 0 Å². The van der Waals surface area contributed by atoms with Crippen molar-refractivity contribution in [1.29, 1.82) is 0 Å². The van der Waals surface area contributed by atoms with Crippen LogP contribution in [0.4, 0.5) is 0 Å². The van der Waals surface area contributed by atoms with E-state index in [9.17, 15) is 14.4 Å². The molecule has 0 aliphatic carbocycles. The summed E-state index contributed by atoms with van der Waals surface area (Å²) in [5.41, 5.74) is 2.05. The van der Waals surface area contributed by atoms with E-state index in [2.05, 4.69) is 10.6 Å². The molecule has 0 aliphatic rings. The minimum atomic E-state index is -1.06. The van der Waals surface area contributed by atoms with Crippen LogP contribution in [0.5, 0.6) is 0 Å². The average molecular weight is 465 g/mol. The number of ether oxygens (including phenoxy) is 1. The van der Waals surface area contributed by atoms with Crippen LogP contribution in [0.1, 0.15) is 41.4 Å². The Bertz CT molecular complexity index is 1070. The Labute approximate surface area is 197 Å². The van der Waals surface area contributed by atoms with Gasteiger partial charge in [-0.1, -0.05) is 84.4 Å². The normalized spacial score (nSPS) is 12.5. The van der Waals surface area contributed by atoms with Gasteiger partial charge in [0.05, 0.1) is 16.6 Å². The smallest absolute Gasteiger partial charge is 0.329 e. The maximum absolute atomic E-state index is 12.9. The van der Waals surface area contributed by atoms with Gasteiger partial charge in [0.15, 0.2) is 6.10 Å². The third-order valence-electron chi connectivity index (χ3n) is 5.03. The first kappa shape index (κ1) is 24.0. The van der Waals surface area contributed by atoms with Gasteiger partial charge in [-0.25, -0.2) is 4.79 Å². The quantitative estimate of drug-likeness (QED) is 0.487. The van der Waals surface area contributed by atoms with Crippen molar-refractivity contribution in [1.82, 2.24) is 10.6 Å². The summed E-state index contributed by atoms with van der Waals surface area (Å²) in [7, 11) is 0. The Morgan fingerprint density at radius 3 is 1.82 bits per heavy atom. The van der Waals surface area contributed by atoms with Crippen molar-refractivity contribution in [3.63, 3.8) is 0 Å². The molecule has 0 heterocycles. The molecule has 0 saturated carbocycles. The zero-order chi connectivity index (χ0) is 23.8. The molecule has 0 aliphatic heterocycles. The van der Waals surface area contributed by atoms with Crippen LogP contribution in [0.3, 0.4) is 0 Å². The second-order valence-corrected chi connectivity index (χ2v) is 7.92. The molecular weight excluding hydrogens is 440 g/mol. The fraction of sp³-hybridized carbons (Fsp3) is 0.192. The van der Waals surface area contributed by atoms with Crippen molar-refractivity contribution >= 4 is 29.4 Å². The van der Waals surface area contributed by atoms with E-state index in [1.807, 2.05) is 60.7 Å². The van der Waals surface area contributed by atoms with Crippen molar-refractivity contribution in [2.45, 2.75) is 32.0 Å². The van der Waals surface area contributed by atoms with Crippen LogP contribution in [-0.2, 0) is 14.3 Å². The first-order valence-corrected chi connectivity index (χ1v) is 10.9. The van der Waals surface area contributed by atoms with Gasteiger partial charge in [0.25, 0.3) is 11.8 Å². The van der Waals surface area contributed by atoms with Crippen LogP contribution in [0, 0.1) is 0 Å². The lowest BCUT2D eigenvalue weighted by molar-refractivity contribution is -0.156. The fourth-order valence-corrected chi connectivity index (χ4v) is 3.44. The minimum Gasteiger partial charge on any atom is -0.451 e. The van der Waals surface area contributed by atoms with Crippen LogP contribution in [-0.4, -0.2) is 29.9 Å². The number of hydrogen-bond acceptors (Lipinski definition) is 4. The Morgan fingerprint density at radius 1 is 0.758 bits per heavy atom. The van der Waals surface area contributed by atoms with Crippen LogP contribution in [0.15, 0.2) is 84.9 Å². The zero-order valence-electron chi connectivity index (χ0n) is 18.3. The topological polar surface area (TPSA) is 84.5 Å². The summed E-state index contributed by atoms with van der Waals surface area (Å²) in [4.78, 5) is 37.7. The lowest BCUT2D eigenvalue weighted by Crippen LogP contribution is -2.44. The van der Waals surface area contributed by atoms with Gasteiger partial charge in [-0.05, 0) is 37.1 Å². The molecule has 0 radical (unpaired) electrons. The third kappa shape index (κ3) is 6.43. The highest BCUT2D eigenvalue weighted by Gasteiger charge is 2.26. The predicted molar refractivity (Wildman–Crippen MR) is 127 cm³/mol. The third-order valence-corrected chi connectivity index (χ3v) is 5.36. The van der Waals surface area contributed by atoms with Gasteiger partial charge in [0.1, 0.15) is 6.04 Å². The standard InChI is InChI=1S/C26H25ClN2O4/c1-17(28-25(31)21-15-9-10-16-22(21)27)26(32)33-18(2)24(30)29-23(19-11-5-3-6-12-19)20-13-7-4-8-14-20/h3-18,23H,1-2H3,(H,28,31)(H,29,30). The molecule has 170 valence electrons. The summed E-state index contributed by atoms with van der Waals surface area (Å²) in [6, 6.07) is 24.2. The van der Waals surface area contributed by atoms with E-state index in [0.717, 1.165) is 11.1 Å². The van der Waals surface area contributed by atoms with E-state index in [-0.39, 0.29) is 10.6 Å². The Morgan fingerprint density at radius 2 is 1.27 bits per heavy atom. The molecule has 3 rings (SSSR count). The lowest BCUT2D eigenvalue weighted by Gasteiger charge is -2.23. The molecule has 0 bridgehead atoms. The zero-order valence-corrected chi connectivity index (χ0v) is 19.1. The number of halogens is 1. The van der Waals surface area contributed by atoms with Gasteiger partial charge >= 0.3 is 5.97 Å². The number of nitrogens with one attached hydrogen (secondary N) is 2. The second kappa shape index (κ2) is 11.3. The SMILES string of the molecule is CC(NC(=O)c1ccccc1Cl)C(=O)OC(C)C(=O)NC(c1ccccc1)c1ccccc1. The summed E-state index contributed by atoms with van der Waals surface area (Å²) in [5.74, 6) is -1.69. The van der Waals surface area contributed by atoms with E-state index < -0.39 is 36.0 Å². The Hall–Kier alpha value is -3.64. The molecule has 0 fully saturated rings. The largest absolute Gasteiger partial charge is 0.451 e. The maximum Gasteiger partial charge on any atom is 0.329 e. The molecule has 33 heavy (non-hydrogen) atoms.